The molecule has 1 fully saturated rings. The summed E-state index contributed by atoms with van der Waals surface area (Å²) >= 11 is 0. The molecule has 0 aromatic carbocycles. The number of carbonyl (C=O) groups is 1. The highest BCUT2D eigenvalue weighted by molar-refractivity contribution is 5.67. The molecule has 1 rings (SSSR count). The Bertz CT molecular complexity index is 318. The largest absolute Gasteiger partial charge is 0.444 e. The monoisotopic (exact) mass is 301 g/mol. The molecule has 6 heteroatoms. The molecule has 5 N–H and O–H groups in total. The van der Waals surface area contributed by atoms with E-state index in [0.717, 1.165) is 12.8 Å². The molecule has 1 saturated carbocycles. The first-order valence-corrected chi connectivity index (χ1v) is 7.89. The lowest BCUT2D eigenvalue weighted by atomic mass is 9.84. The molecule has 0 saturated heterocycles. The third-order valence-corrected chi connectivity index (χ3v) is 3.77. The molecule has 0 spiro atoms. The Kier molecular flexibility index (Phi) is 7.42. The van der Waals surface area contributed by atoms with Crippen molar-refractivity contribution in [3.63, 3.8) is 0 Å². The first-order valence-electron chi connectivity index (χ1n) is 7.89. The first-order chi connectivity index (χ1) is 9.85. The summed E-state index contributed by atoms with van der Waals surface area (Å²) in [6.45, 7) is 6.57. The maximum Gasteiger partial charge on any atom is 0.407 e. The van der Waals surface area contributed by atoms with Gasteiger partial charge in [0.05, 0.1) is 0 Å². The molecule has 124 valence electrons. The van der Waals surface area contributed by atoms with Crippen molar-refractivity contribution in [3.8, 4) is 0 Å². The standard InChI is InChI=1S/C15H31N3O3/c1-15(2,3)21-14(20)17-9-12(8-16)18-13-7-5-4-6-11(13)10-19/h11-13,18-19H,4-10,16H2,1-3H3,(H,17,20). The van der Waals surface area contributed by atoms with Gasteiger partial charge in [-0.25, -0.2) is 4.79 Å². The van der Waals surface area contributed by atoms with Gasteiger partial charge in [0.15, 0.2) is 0 Å². The van der Waals surface area contributed by atoms with E-state index in [2.05, 4.69) is 10.6 Å². The van der Waals surface area contributed by atoms with Crippen molar-refractivity contribution in [1.82, 2.24) is 10.6 Å². The van der Waals surface area contributed by atoms with Gasteiger partial charge >= 0.3 is 6.09 Å². The highest BCUT2D eigenvalue weighted by Crippen LogP contribution is 2.24. The highest BCUT2D eigenvalue weighted by Gasteiger charge is 2.26. The molecule has 3 atom stereocenters. The summed E-state index contributed by atoms with van der Waals surface area (Å²) in [7, 11) is 0. The number of nitrogens with one attached hydrogen (secondary N) is 2. The van der Waals surface area contributed by atoms with Gasteiger partial charge in [0.25, 0.3) is 0 Å². The second-order valence-corrected chi connectivity index (χ2v) is 6.82. The van der Waals surface area contributed by atoms with E-state index in [1.807, 2.05) is 20.8 Å². The fourth-order valence-electron chi connectivity index (χ4n) is 2.68. The summed E-state index contributed by atoms with van der Waals surface area (Å²) in [6, 6.07) is 0.271. The number of alkyl carbamates (subject to hydrolysis) is 1. The number of aliphatic hydroxyl groups excluding tert-OH is 1. The summed E-state index contributed by atoms with van der Waals surface area (Å²) in [5.41, 5.74) is 5.27. The second kappa shape index (κ2) is 8.56. The normalized spacial score (nSPS) is 24.4. The minimum atomic E-state index is -0.499. The van der Waals surface area contributed by atoms with Crippen LogP contribution in [0.15, 0.2) is 0 Å². The minimum Gasteiger partial charge on any atom is -0.444 e. The van der Waals surface area contributed by atoms with E-state index in [1.54, 1.807) is 0 Å². The zero-order valence-corrected chi connectivity index (χ0v) is 13.5. The molecule has 6 nitrogen and oxygen atoms in total. The van der Waals surface area contributed by atoms with Crippen LogP contribution in [-0.4, -0.2) is 48.6 Å². The Labute approximate surface area is 127 Å². The molecule has 0 aromatic heterocycles. The Balaban J connectivity index is 2.38. The van der Waals surface area contributed by atoms with Crippen LogP contribution in [-0.2, 0) is 4.74 Å². The molecule has 21 heavy (non-hydrogen) atoms. The van der Waals surface area contributed by atoms with Crippen LogP contribution in [0, 0.1) is 5.92 Å². The Morgan fingerprint density at radius 2 is 2.05 bits per heavy atom. The zero-order chi connectivity index (χ0) is 15.9. The number of hydrogen-bond acceptors (Lipinski definition) is 5. The Hall–Kier alpha value is -0.850. The third-order valence-electron chi connectivity index (χ3n) is 3.77. The summed E-state index contributed by atoms with van der Waals surface area (Å²) in [5, 5.41) is 15.6. The van der Waals surface area contributed by atoms with Gasteiger partial charge in [0.1, 0.15) is 5.60 Å². The van der Waals surface area contributed by atoms with E-state index in [9.17, 15) is 9.90 Å². The average Bonchev–Trinajstić information content (AvgIpc) is 2.42. The van der Waals surface area contributed by atoms with Crippen LogP contribution >= 0.6 is 0 Å². The van der Waals surface area contributed by atoms with Crippen molar-refractivity contribution < 1.29 is 14.6 Å². The quantitative estimate of drug-likeness (QED) is 0.586. The zero-order valence-electron chi connectivity index (χ0n) is 13.5. The smallest absolute Gasteiger partial charge is 0.407 e. The van der Waals surface area contributed by atoms with Gasteiger partial charge in [0, 0.05) is 31.8 Å². The van der Waals surface area contributed by atoms with Crippen molar-refractivity contribution in [2.75, 3.05) is 19.7 Å². The van der Waals surface area contributed by atoms with E-state index in [-0.39, 0.29) is 24.6 Å². The summed E-state index contributed by atoms with van der Waals surface area (Å²) in [5.74, 6) is 0.286. The SMILES string of the molecule is CC(C)(C)OC(=O)NCC(CN)NC1CCCCC1CO. The van der Waals surface area contributed by atoms with Crippen LogP contribution in [0.2, 0.25) is 0 Å². The number of carbonyl (C=O) groups excluding carboxylic acids is 1. The fraction of sp³-hybridized carbons (Fsp3) is 0.933. The van der Waals surface area contributed by atoms with Crippen LogP contribution in [0.25, 0.3) is 0 Å². The van der Waals surface area contributed by atoms with Crippen LogP contribution in [0.5, 0.6) is 0 Å². The van der Waals surface area contributed by atoms with Gasteiger partial charge in [-0.2, -0.15) is 0 Å². The summed E-state index contributed by atoms with van der Waals surface area (Å²) < 4.78 is 5.21. The van der Waals surface area contributed by atoms with Gasteiger partial charge in [-0.3, -0.25) is 0 Å². The molecular formula is C15H31N3O3. The van der Waals surface area contributed by atoms with Crippen molar-refractivity contribution in [2.24, 2.45) is 11.7 Å². The van der Waals surface area contributed by atoms with E-state index in [0.29, 0.717) is 13.1 Å². The predicted molar refractivity (Wildman–Crippen MR) is 83.0 cm³/mol. The maximum absolute atomic E-state index is 11.6. The first kappa shape index (κ1) is 18.2. The van der Waals surface area contributed by atoms with E-state index in [1.165, 1.54) is 12.8 Å². The molecule has 0 heterocycles. The molecule has 3 unspecified atom stereocenters. The topological polar surface area (TPSA) is 96.6 Å². The molecule has 0 aliphatic heterocycles. The lowest BCUT2D eigenvalue weighted by molar-refractivity contribution is 0.0519. The molecule has 0 radical (unpaired) electrons. The molecule has 0 bridgehead atoms. The fourth-order valence-corrected chi connectivity index (χ4v) is 2.68. The van der Waals surface area contributed by atoms with E-state index in [4.69, 9.17) is 10.5 Å². The van der Waals surface area contributed by atoms with Gasteiger partial charge in [-0.05, 0) is 39.5 Å². The molecule has 1 aliphatic carbocycles. The van der Waals surface area contributed by atoms with Crippen LogP contribution in [0.4, 0.5) is 4.79 Å². The van der Waals surface area contributed by atoms with E-state index >= 15 is 0 Å². The number of rotatable bonds is 6. The van der Waals surface area contributed by atoms with Crippen molar-refractivity contribution in [3.05, 3.63) is 0 Å². The lowest BCUT2D eigenvalue weighted by Crippen LogP contribution is -2.53. The number of aliphatic hydroxyl groups is 1. The summed E-state index contributed by atoms with van der Waals surface area (Å²) in [4.78, 5) is 11.6. The van der Waals surface area contributed by atoms with Crippen LogP contribution in [0.1, 0.15) is 46.5 Å². The third kappa shape index (κ3) is 7.11. The molecule has 1 amide bonds. The Morgan fingerprint density at radius 3 is 2.62 bits per heavy atom. The average molecular weight is 301 g/mol. The van der Waals surface area contributed by atoms with Crippen LogP contribution in [0.3, 0.4) is 0 Å². The number of hydrogen-bond donors (Lipinski definition) is 4. The Morgan fingerprint density at radius 1 is 1.38 bits per heavy atom. The van der Waals surface area contributed by atoms with Crippen LogP contribution < -0.4 is 16.4 Å². The molecular weight excluding hydrogens is 270 g/mol. The predicted octanol–water partition coefficient (Wildman–Crippen LogP) is 0.979. The van der Waals surface area contributed by atoms with E-state index < -0.39 is 11.7 Å². The number of nitrogens with two attached hydrogens (primary N) is 1. The maximum atomic E-state index is 11.6. The van der Waals surface area contributed by atoms with Gasteiger partial charge in [-0.1, -0.05) is 12.8 Å². The number of amides is 1. The van der Waals surface area contributed by atoms with Crippen molar-refractivity contribution in [1.29, 1.82) is 0 Å². The minimum absolute atomic E-state index is 0.00494. The molecule has 1 aliphatic rings. The second-order valence-electron chi connectivity index (χ2n) is 6.82. The van der Waals surface area contributed by atoms with Gasteiger partial charge in [-0.15, -0.1) is 0 Å². The molecule has 0 aromatic rings. The van der Waals surface area contributed by atoms with Crippen molar-refractivity contribution >= 4 is 6.09 Å². The van der Waals surface area contributed by atoms with Crippen molar-refractivity contribution in [2.45, 2.75) is 64.1 Å². The lowest BCUT2D eigenvalue weighted by Gasteiger charge is -2.34. The van der Waals surface area contributed by atoms with Gasteiger partial charge in [0.2, 0.25) is 0 Å². The van der Waals surface area contributed by atoms with Gasteiger partial charge < -0.3 is 26.2 Å². The highest BCUT2D eigenvalue weighted by atomic mass is 16.6. The summed E-state index contributed by atoms with van der Waals surface area (Å²) in [6.07, 6.45) is 4.02. The number of ether oxygens (including phenoxy) is 1.